The number of ketones is 1. The fraction of sp³-hybridized carbons (Fsp3) is 0.667. The molecule has 0 amide bonds. The van der Waals surface area contributed by atoms with Gasteiger partial charge in [-0.05, 0) is 22.4 Å². The van der Waals surface area contributed by atoms with Gasteiger partial charge in [0.05, 0.1) is 35.4 Å². The number of nitrogens with one attached hydrogen (secondary N) is 1. The summed E-state index contributed by atoms with van der Waals surface area (Å²) in [6, 6.07) is 0. The van der Waals surface area contributed by atoms with E-state index in [2.05, 4.69) is 26.3 Å². The van der Waals surface area contributed by atoms with Crippen LogP contribution in [-0.2, 0) is 29.4 Å². The van der Waals surface area contributed by atoms with Crippen molar-refractivity contribution < 1.29 is 9.53 Å². The van der Waals surface area contributed by atoms with Crippen molar-refractivity contribution in [2.24, 2.45) is 7.05 Å². The van der Waals surface area contributed by atoms with E-state index in [-0.39, 0.29) is 5.78 Å². The summed E-state index contributed by atoms with van der Waals surface area (Å²) in [5.74, 6) is 0.150. The molecule has 1 N–H and O–H groups in total. The van der Waals surface area contributed by atoms with Crippen LogP contribution >= 0.6 is 15.9 Å². The average molecular weight is 318 g/mol. The van der Waals surface area contributed by atoms with E-state index in [1.165, 1.54) is 0 Å². The Labute approximate surface area is 116 Å². The highest BCUT2D eigenvalue weighted by Gasteiger charge is 2.15. The predicted molar refractivity (Wildman–Crippen MR) is 73.7 cm³/mol. The number of ether oxygens (including phenoxy) is 1. The van der Waals surface area contributed by atoms with Gasteiger partial charge in [-0.15, -0.1) is 0 Å². The largest absolute Gasteiger partial charge is 0.383 e. The van der Waals surface area contributed by atoms with Crippen LogP contribution in [-0.4, -0.2) is 42.4 Å². The van der Waals surface area contributed by atoms with Crippen LogP contribution < -0.4 is 5.32 Å². The van der Waals surface area contributed by atoms with Gasteiger partial charge in [0, 0.05) is 20.7 Å². The molecule has 0 aliphatic rings. The zero-order valence-corrected chi connectivity index (χ0v) is 12.7. The summed E-state index contributed by atoms with van der Waals surface area (Å²) in [6.07, 6.45) is 1.25. The number of aryl methyl sites for hydroxylation is 2. The number of nitrogens with zero attached hydrogens (tertiary/aromatic N) is 2. The van der Waals surface area contributed by atoms with Gasteiger partial charge in [-0.1, -0.05) is 6.92 Å². The quantitative estimate of drug-likeness (QED) is 0.729. The van der Waals surface area contributed by atoms with E-state index in [0.29, 0.717) is 26.1 Å². The van der Waals surface area contributed by atoms with Crippen LogP contribution in [0.15, 0.2) is 4.47 Å². The summed E-state index contributed by atoms with van der Waals surface area (Å²) in [5, 5.41) is 7.42. The lowest BCUT2D eigenvalue weighted by molar-refractivity contribution is -0.117. The molecule has 0 saturated heterocycles. The third-order valence-electron chi connectivity index (χ3n) is 2.67. The van der Waals surface area contributed by atoms with E-state index >= 15 is 0 Å². The zero-order chi connectivity index (χ0) is 13.5. The first-order chi connectivity index (χ1) is 8.60. The molecule has 6 heteroatoms. The van der Waals surface area contributed by atoms with Gasteiger partial charge in [0.15, 0.2) is 5.78 Å². The van der Waals surface area contributed by atoms with E-state index in [4.69, 9.17) is 4.74 Å². The molecule has 102 valence electrons. The van der Waals surface area contributed by atoms with E-state index in [1.807, 2.05) is 14.0 Å². The molecule has 1 aromatic heterocycles. The molecule has 18 heavy (non-hydrogen) atoms. The summed E-state index contributed by atoms with van der Waals surface area (Å²) >= 11 is 3.51. The summed E-state index contributed by atoms with van der Waals surface area (Å²) in [5.41, 5.74) is 1.93. The van der Waals surface area contributed by atoms with Crippen molar-refractivity contribution in [3.8, 4) is 0 Å². The Morgan fingerprint density at radius 2 is 2.28 bits per heavy atom. The maximum absolute atomic E-state index is 11.8. The van der Waals surface area contributed by atoms with Crippen molar-refractivity contribution in [2.45, 2.75) is 19.8 Å². The third-order valence-corrected chi connectivity index (χ3v) is 3.59. The number of methoxy groups -OCH3 is 1. The minimum atomic E-state index is 0.150. The van der Waals surface area contributed by atoms with Crippen molar-refractivity contribution in [2.75, 3.05) is 26.8 Å². The van der Waals surface area contributed by atoms with Crippen LogP contribution in [0, 0.1) is 0 Å². The van der Waals surface area contributed by atoms with Crippen LogP contribution in [0.4, 0.5) is 0 Å². The van der Waals surface area contributed by atoms with Gasteiger partial charge in [0.2, 0.25) is 0 Å². The van der Waals surface area contributed by atoms with E-state index in [9.17, 15) is 4.79 Å². The number of rotatable bonds is 8. The van der Waals surface area contributed by atoms with Crippen LogP contribution in [0.5, 0.6) is 0 Å². The molecule has 5 nitrogen and oxygen atoms in total. The van der Waals surface area contributed by atoms with E-state index < -0.39 is 0 Å². The molecule has 0 aliphatic heterocycles. The Morgan fingerprint density at radius 1 is 1.56 bits per heavy atom. The third kappa shape index (κ3) is 4.19. The summed E-state index contributed by atoms with van der Waals surface area (Å²) < 4.78 is 7.63. The number of hydrogen-bond acceptors (Lipinski definition) is 4. The number of Topliss-reactive ketones (excluding diaryl/α,β-unsaturated/α-hetero) is 1. The van der Waals surface area contributed by atoms with Crippen molar-refractivity contribution in [1.29, 1.82) is 0 Å². The molecule has 0 fully saturated rings. The summed E-state index contributed by atoms with van der Waals surface area (Å²) in [4.78, 5) is 11.8. The van der Waals surface area contributed by atoms with Gasteiger partial charge < -0.3 is 10.1 Å². The molecule has 1 heterocycles. The van der Waals surface area contributed by atoms with Crippen LogP contribution in [0.3, 0.4) is 0 Å². The summed E-state index contributed by atoms with van der Waals surface area (Å²) in [7, 11) is 3.51. The Balaban J connectivity index is 2.51. The Kier molecular flexibility index (Phi) is 6.52. The monoisotopic (exact) mass is 317 g/mol. The van der Waals surface area contributed by atoms with Gasteiger partial charge in [0.1, 0.15) is 0 Å². The van der Waals surface area contributed by atoms with E-state index in [1.54, 1.807) is 11.8 Å². The minimum Gasteiger partial charge on any atom is -0.383 e. The highest BCUT2D eigenvalue weighted by molar-refractivity contribution is 9.10. The lowest BCUT2D eigenvalue weighted by Gasteiger charge is -2.04. The Hall–Kier alpha value is -0.720. The molecule has 0 bridgehead atoms. The van der Waals surface area contributed by atoms with E-state index in [0.717, 1.165) is 22.3 Å². The molecule has 0 spiro atoms. The van der Waals surface area contributed by atoms with Crippen LogP contribution in [0.2, 0.25) is 0 Å². The molecular weight excluding hydrogens is 298 g/mol. The molecule has 0 unspecified atom stereocenters. The van der Waals surface area contributed by atoms with Gasteiger partial charge in [-0.3, -0.25) is 9.48 Å². The maximum atomic E-state index is 11.8. The summed E-state index contributed by atoms with van der Waals surface area (Å²) in [6.45, 7) is 3.71. The van der Waals surface area contributed by atoms with Gasteiger partial charge in [-0.25, -0.2) is 0 Å². The topological polar surface area (TPSA) is 56.2 Å². The van der Waals surface area contributed by atoms with Crippen molar-refractivity contribution >= 4 is 21.7 Å². The lowest BCUT2D eigenvalue weighted by atomic mass is 10.2. The molecule has 0 atom stereocenters. The van der Waals surface area contributed by atoms with Gasteiger partial charge in [-0.2, -0.15) is 5.10 Å². The molecule has 1 aromatic rings. The highest BCUT2D eigenvalue weighted by Crippen LogP contribution is 2.21. The van der Waals surface area contributed by atoms with Gasteiger partial charge >= 0.3 is 0 Å². The Bertz CT molecular complexity index is 404. The fourth-order valence-corrected chi connectivity index (χ4v) is 2.42. The molecule has 0 saturated carbocycles. The second kappa shape index (κ2) is 7.66. The van der Waals surface area contributed by atoms with Crippen LogP contribution in [0.25, 0.3) is 0 Å². The normalized spacial score (nSPS) is 10.9. The molecule has 0 aromatic carbocycles. The first-order valence-electron chi connectivity index (χ1n) is 6.01. The molecule has 0 aliphatic carbocycles. The highest BCUT2D eigenvalue weighted by atomic mass is 79.9. The number of aromatic nitrogens is 2. The smallest absolute Gasteiger partial charge is 0.152 e. The number of carbonyl (C=O) groups is 1. The average Bonchev–Trinajstić information content (AvgIpc) is 2.62. The number of halogens is 1. The van der Waals surface area contributed by atoms with Crippen molar-refractivity contribution in [1.82, 2.24) is 15.1 Å². The van der Waals surface area contributed by atoms with Crippen LogP contribution in [0.1, 0.15) is 18.3 Å². The number of hydrogen-bond donors (Lipinski definition) is 1. The number of carbonyl (C=O) groups excluding carboxylic acids is 1. The second-order valence-corrected chi connectivity index (χ2v) is 4.86. The molecular formula is C12H20BrN3O2. The van der Waals surface area contributed by atoms with Crippen molar-refractivity contribution in [3.63, 3.8) is 0 Å². The molecule has 1 rings (SSSR count). The van der Waals surface area contributed by atoms with Gasteiger partial charge in [0.25, 0.3) is 0 Å². The zero-order valence-electron chi connectivity index (χ0n) is 11.1. The fourth-order valence-electron chi connectivity index (χ4n) is 1.66. The van der Waals surface area contributed by atoms with Crippen molar-refractivity contribution in [3.05, 3.63) is 15.9 Å². The first kappa shape index (κ1) is 15.3. The standard InChI is InChI=1S/C12H20BrN3O2/c1-4-10-12(13)11(16(2)15-10)7-9(17)8-14-5-6-18-3/h14H,4-8H2,1-3H3. The minimum absolute atomic E-state index is 0.150. The molecule has 0 radical (unpaired) electrons. The lowest BCUT2D eigenvalue weighted by Crippen LogP contribution is -2.27. The second-order valence-electron chi connectivity index (χ2n) is 4.07. The SMILES string of the molecule is CCc1nn(C)c(CC(=O)CNCCOC)c1Br. The Morgan fingerprint density at radius 3 is 2.83 bits per heavy atom. The first-order valence-corrected chi connectivity index (χ1v) is 6.81. The predicted octanol–water partition coefficient (Wildman–Crippen LogP) is 1.09. The maximum Gasteiger partial charge on any atom is 0.152 e.